The zero-order valence-electron chi connectivity index (χ0n) is 12.2. The van der Waals surface area contributed by atoms with Gasteiger partial charge < -0.3 is 10.3 Å². The number of imidazole rings is 1. The summed E-state index contributed by atoms with van der Waals surface area (Å²) in [5.74, 6) is 0. The van der Waals surface area contributed by atoms with Gasteiger partial charge in [0, 0.05) is 31.5 Å². The van der Waals surface area contributed by atoms with Crippen molar-refractivity contribution in [3.63, 3.8) is 0 Å². The summed E-state index contributed by atoms with van der Waals surface area (Å²) in [6, 6.07) is 7.27. The van der Waals surface area contributed by atoms with E-state index in [1.165, 1.54) is 10.6 Å². The molecular weight excluding hydrogens is 288 g/mol. The highest BCUT2D eigenvalue weighted by Crippen LogP contribution is 2.19. The summed E-state index contributed by atoms with van der Waals surface area (Å²) >= 11 is 0. The third kappa shape index (κ3) is 3.25. The first-order valence-electron chi connectivity index (χ1n) is 6.84. The monoisotopic (exact) mass is 308 g/mol. The van der Waals surface area contributed by atoms with E-state index in [1.54, 1.807) is 23.8 Å². The van der Waals surface area contributed by atoms with Crippen molar-refractivity contribution in [2.75, 3.05) is 12.3 Å². The van der Waals surface area contributed by atoms with E-state index in [9.17, 15) is 8.42 Å². The predicted octanol–water partition coefficient (Wildman–Crippen LogP) is 1.70. The largest absolute Gasteiger partial charge is 0.398 e. The van der Waals surface area contributed by atoms with Gasteiger partial charge in [0.05, 0.1) is 6.33 Å². The second-order valence-corrected chi connectivity index (χ2v) is 6.56. The maximum Gasteiger partial charge on any atom is 0.262 e. The molecule has 0 saturated carbocycles. The Morgan fingerprint density at radius 3 is 2.57 bits per heavy atom. The van der Waals surface area contributed by atoms with E-state index in [1.807, 2.05) is 25.1 Å². The van der Waals surface area contributed by atoms with Crippen LogP contribution in [0.4, 0.5) is 5.69 Å². The summed E-state index contributed by atoms with van der Waals surface area (Å²) in [5.41, 5.74) is 7.27. The molecule has 0 radical (unpaired) electrons. The number of hydrogen-bond donors (Lipinski definition) is 1. The molecule has 0 amide bonds. The van der Waals surface area contributed by atoms with Crippen LogP contribution in [0.1, 0.15) is 19.4 Å². The van der Waals surface area contributed by atoms with Crippen LogP contribution in [0.5, 0.6) is 0 Å². The number of nitrogen functional groups attached to an aromatic ring is 1. The molecule has 0 bridgehead atoms. The van der Waals surface area contributed by atoms with E-state index in [2.05, 4.69) is 4.98 Å². The predicted molar refractivity (Wildman–Crippen MR) is 82.0 cm³/mol. The number of aromatic nitrogens is 2. The third-order valence-electron chi connectivity index (χ3n) is 3.33. The van der Waals surface area contributed by atoms with Gasteiger partial charge in [-0.25, -0.2) is 13.4 Å². The highest BCUT2D eigenvalue weighted by molar-refractivity contribution is 7.89. The molecule has 1 heterocycles. The van der Waals surface area contributed by atoms with Gasteiger partial charge in [-0.2, -0.15) is 4.31 Å². The standard InChI is InChI=1S/C14H20N4O2S/c1-3-17-10-14(16-11-17)21(19,20)18(4-2)9-12-7-5-6-8-13(12)15/h5-8,10-11H,3-4,9,15H2,1-2H3. The van der Waals surface area contributed by atoms with Crippen LogP contribution in [0.25, 0.3) is 0 Å². The molecule has 0 unspecified atom stereocenters. The lowest BCUT2D eigenvalue weighted by atomic mass is 10.2. The average Bonchev–Trinajstić information content (AvgIpc) is 2.96. The number of rotatable bonds is 6. The molecule has 2 N–H and O–H groups in total. The van der Waals surface area contributed by atoms with Gasteiger partial charge in [-0.1, -0.05) is 25.1 Å². The van der Waals surface area contributed by atoms with Crippen LogP contribution in [0, 0.1) is 0 Å². The van der Waals surface area contributed by atoms with Crippen LogP contribution in [0.2, 0.25) is 0 Å². The molecule has 1 aromatic carbocycles. The van der Waals surface area contributed by atoms with Gasteiger partial charge in [0.2, 0.25) is 0 Å². The van der Waals surface area contributed by atoms with Crippen LogP contribution >= 0.6 is 0 Å². The zero-order valence-corrected chi connectivity index (χ0v) is 13.0. The fraction of sp³-hybridized carbons (Fsp3) is 0.357. The van der Waals surface area contributed by atoms with E-state index in [4.69, 9.17) is 5.73 Å². The summed E-state index contributed by atoms with van der Waals surface area (Å²) < 4.78 is 28.3. The molecule has 0 aliphatic heterocycles. The van der Waals surface area contributed by atoms with Gasteiger partial charge in [-0.3, -0.25) is 0 Å². The Hall–Kier alpha value is -1.86. The molecule has 21 heavy (non-hydrogen) atoms. The highest BCUT2D eigenvalue weighted by Gasteiger charge is 2.26. The van der Waals surface area contributed by atoms with Crippen molar-refractivity contribution in [1.82, 2.24) is 13.9 Å². The van der Waals surface area contributed by atoms with E-state index in [0.29, 0.717) is 18.8 Å². The summed E-state index contributed by atoms with van der Waals surface area (Å²) in [5, 5.41) is 0.0701. The fourth-order valence-electron chi connectivity index (χ4n) is 2.01. The maximum atomic E-state index is 12.6. The Balaban J connectivity index is 2.30. The lowest BCUT2D eigenvalue weighted by Crippen LogP contribution is -2.31. The third-order valence-corrected chi connectivity index (χ3v) is 5.14. The molecule has 0 saturated heterocycles. The quantitative estimate of drug-likeness (QED) is 0.824. The topological polar surface area (TPSA) is 81.2 Å². The smallest absolute Gasteiger partial charge is 0.262 e. The summed E-state index contributed by atoms with van der Waals surface area (Å²) in [4.78, 5) is 3.99. The summed E-state index contributed by atoms with van der Waals surface area (Å²) in [7, 11) is -3.61. The van der Waals surface area contributed by atoms with Crippen molar-refractivity contribution in [2.45, 2.75) is 32.0 Å². The van der Waals surface area contributed by atoms with E-state index in [-0.39, 0.29) is 11.6 Å². The van der Waals surface area contributed by atoms with Gasteiger partial charge >= 0.3 is 0 Å². The van der Waals surface area contributed by atoms with Crippen molar-refractivity contribution in [3.05, 3.63) is 42.4 Å². The number of nitrogens with zero attached hydrogens (tertiary/aromatic N) is 3. The Kier molecular flexibility index (Phi) is 4.64. The molecule has 0 spiro atoms. The average molecular weight is 308 g/mol. The first-order valence-corrected chi connectivity index (χ1v) is 8.28. The molecule has 0 aliphatic rings. The van der Waals surface area contributed by atoms with Crippen molar-refractivity contribution >= 4 is 15.7 Å². The number of aryl methyl sites for hydroxylation is 1. The minimum absolute atomic E-state index is 0.0701. The Morgan fingerprint density at radius 2 is 2.00 bits per heavy atom. The minimum atomic E-state index is -3.61. The molecule has 7 heteroatoms. The SMILES string of the molecule is CCN(Cc1ccccc1N)S(=O)(=O)c1cn(CC)cn1. The lowest BCUT2D eigenvalue weighted by Gasteiger charge is -2.20. The summed E-state index contributed by atoms with van der Waals surface area (Å²) in [6.07, 6.45) is 3.07. The molecular formula is C14H20N4O2S. The van der Waals surface area contributed by atoms with Gasteiger partial charge in [-0.05, 0) is 18.6 Å². The number of para-hydroxylation sites is 1. The fourth-order valence-corrected chi connectivity index (χ4v) is 3.38. The molecule has 114 valence electrons. The molecule has 2 rings (SSSR count). The van der Waals surface area contributed by atoms with Gasteiger partial charge in [0.1, 0.15) is 0 Å². The Labute approximate surface area is 125 Å². The Bertz CT molecular complexity index is 709. The second-order valence-electron chi connectivity index (χ2n) is 4.67. The van der Waals surface area contributed by atoms with Crippen LogP contribution in [0.15, 0.2) is 41.8 Å². The molecule has 0 fully saturated rings. The van der Waals surface area contributed by atoms with Gasteiger partial charge in [-0.15, -0.1) is 0 Å². The first-order chi connectivity index (χ1) is 9.98. The van der Waals surface area contributed by atoms with E-state index in [0.717, 1.165) is 5.56 Å². The summed E-state index contributed by atoms with van der Waals surface area (Å²) in [6.45, 7) is 5.01. The maximum absolute atomic E-state index is 12.6. The molecule has 1 aromatic heterocycles. The van der Waals surface area contributed by atoms with Crippen LogP contribution < -0.4 is 5.73 Å². The van der Waals surface area contributed by atoms with Crippen molar-refractivity contribution in [1.29, 1.82) is 0 Å². The van der Waals surface area contributed by atoms with Crippen LogP contribution in [-0.4, -0.2) is 28.8 Å². The van der Waals surface area contributed by atoms with Gasteiger partial charge in [0.15, 0.2) is 5.03 Å². The molecule has 6 nitrogen and oxygen atoms in total. The van der Waals surface area contributed by atoms with E-state index >= 15 is 0 Å². The number of nitrogens with two attached hydrogens (primary N) is 1. The number of anilines is 1. The van der Waals surface area contributed by atoms with Crippen LogP contribution in [-0.2, 0) is 23.1 Å². The normalized spacial score (nSPS) is 12.0. The van der Waals surface area contributed by atoms with Gasteiger partial charge in [0.25, 0.3) is 10.0 Å². The molecule has 2 aromatic rings. The minimum Gasteiger partial charge on any atom is -0.398 e. The lowest BCUT2D eigenvalue weighted by molar-refractivity contribution is 0.422. The van der Waals surface area contributed by atoms with Crippen molar-refractivity contribution in [3.8, 4) is 0 Å². The first kappa shape index (κ1) is 15.5. The second kappa shape index (κ2) is 6.28. The Morgan fingerprint density at radius 1 is 1.29 bits per heavy atom. The van der Waals surface area contributed by atoms with Crippen molar-refractivity contribution in [2.24, 2.45) is 0 Å². The number of sulfonamides is 1. The molecule has 0 atom stereocenters. The van der Waals surface area contributed by atoms with Crippen molar-refractivity contribution < 1.29 is 8.42 Å². The van der Waals surface area contributed by atoms with E-state index < -0.39 is 10.0 Å². The zero-order chi connectivity index (χ0) is 15.5. The number of hydrogen-bond acceptors (Lipinski definition) is 4. The van der Waals surface area contributed by atoms with Crippen LogP contribution in [0.3, 0.4) is 0 Å². The highest BCUT2D eigenvalue weighted by atomic mass is 32.2. The molecule has 0 aliphatic carbocycles. The number of benzene rings is 1.